The van der Waals surface area contributed by atoms with Crippen molar-refractivity contribution in [3.63, 3.8) is 0 Å². The van der Waals surface area contributed by atoms with Crippen LogP contribution in [0.1, 0.15) is 24.5 Å². The van der Waals surface area contributed by atoms with Crippen molar-refractivity contribution in [3.8, 4) is 11.5 Å². The number of halogens is 1. The van der Waals surface area contributed by atoms with Crippen LogP contribution < -0.4 is 9.47 Å². The zero-order valence-corrected chi connectivity index (χ0v) is 20.4. The highest BCUT2D eigenvalue weighted by Crippen LogP contribution is 2.65. The van der Waals surface area contributed by atoms with E-state index in [1.165, 1.54) is 0 Å². The molecule has 0 spiro atoms. The lowest BCUT2D eigenvalue weighted by molar-refractivity contribution is -0.140. The molecule has 0 unspecified atom stereocenters. The average molecular weight is 521 g/mol. The van der Waals surface area contributed by atoms with Gasteiger partial charge in [-0.05, 0) is 76.2 Å². The molecule has 0 aromatic heterocycles. The van der Waals surface area contributed by atoms with Gasteiger partial charge in [-0.1, -0.05) is 42.5 Å². The van der Waals surface area contributed by atoms with Gasteiger partial charge in [0.1, 0.15) is 6.61 Å². The number of hydrazone groups is 1. The van der Waals surface area contributed by atoms with Gasteiger partial charge in [0, 0.05) is 0 Å². The summed E-state index contributed by atoms with van der Waals surface area (Å²) >= 11 is 3.58. The molecule has 2 amide bonds. The first-order valence-electron chi connectivity index (χ1n) is 11.8. The number of ether oxygens (including phenoxy) is 2. The van der Waals surface area contributed by atoms with Crippen LogP contribution in [-0.2, 0) is 16.2 Å². The summed E-state index contributed by atoms with van der Waals surface area (Å²) in [5.41, 5.74) is 1.76. The molecule has 34 heavy (non-hydrogen) atoms. The minimum atomic E-state index is -0.247. The van der Waals surface area contributed by atoms with Gasteiger partial charge in [-0.3, -0.25) is 9.59 Å². The Kier molecular flexibility index (Phi) is 5.32. The summed E-state index contributed by atoms with van der Waals surface area (Å²) < 4.78 is 12.6. The fraction of sp³-hybridized carbons (Fsp3) is 0.370. The lowest BCUT2D eigenvalue weighted by Gasteiger charge is -2.37. The van der Waals surface area contributed by atoms with Crippen LogP contribution in [-0.4, -0.2) is 29.6 Å². The Morgan fingerprint density at radius 1 is 1.03 bits per heavy atom. The first-order valence-corrected chi connectivity index (χ1v) is 12.6. The molecular formula is C27H25BrN2O4. The van der Waals surface area contributed by atoms with E-state index >= 15 is 0 Å². The Labute approximate surface area is 206 Å². The summed E-state index contributed by atoms with van der Waals surface area (Å²) in [5, 5.41) is 5.44. The van der Waals surface area contributed by atoms with Gasteiger partial charge in [0.15, 0.2) is 11.5 Å². The first-order chi connectivity index (χ1) is 16.6. The molecule has 1 saturated heterocycles. The maximum absolute atomic E-state index is 13.1. The van der Waals surface area contributed by atoms with Gasteiger partial charge in [-0.25, -0.2) is 0 Å². The molecule has 5 aliphatic rings. The normalized spacial score (nSPS) is 30.6. The quantitative estimate of drug-likeness (QED) is 0.298. The van der Waals surface area contributed by atoms with Gasteiger partial charge in [0.05, 0.1) is 29.1 Å². The SMILES string of the molecule is CCOc1cc(C=NN2C(=O)[C@@H]3[C@H]4C=C[C@@H]([C@@H]5C[C@H]45)[C@@H]3C2=O)cc(Br)c1OCc1ccccc1. The zero-order chi connectivity index (χ0) is 23.4. The maximum atomic E-state index is 13.1. The van der Waals surface area contributed by atoms with Gasteiger partial charge in [-0.2, -0.15) is 10.1 Å². The number of nitrogens with zero attached hydrogens (tertiary/aromatic N) is 2. The summed E-state index contributed by atoms with van der Waals surface area (Å²) in [6.07, 6.45) is 7.03. The molecule has 1 aliphatic heterocycles. The summed E-state index contributed by atoms with van der Waals surface area (Å²) in [6.45, 7) is 2.79. The number of rotatable bonds is 7. The van der Waals surface area contributed by atoms with E-state index in [4.69, 9.17) is 9.47 Å². The van der Waals surface area contributed by atoms with E-state index in [0.717, 1.165) is 17.0 Å². The molecule has 7 rings (SSSR count). The topological polar surface area (TPSA) is 68.2 Å². The summed E-state index contributed by atoms with van der Waals surface area (Å²) in [4.78, 5) is 26.3. The minimum Gasteiger partial charge on any atom is -0.490 e. The average Bonchev–Trinajstić information content (AvgIpc) is 3.62. The summed E-state index contributed by atoms with van der Waals surface area (Å²) in [6, 6.07) is 13.6. The second-order valence-electron chi connectivity index (χ2n) is 9.42. The van der Waals surface area contributed by atoms with Crippen molar-refractivity contribution in [1.82, 2.24) is 5.01 Å². The van der Waals surface area contributed by atoms with Gasteiger partial charge >= 0.3 is 0 Å². The van der Waals surface area contributed by atoms with E-state index in [0.29, 0.717) is 46.6 Å². The minimum absolute atomic E-state index is 0.164. The molecule has 2 saturated carbocycles. The predicted molar refractivity (Wildman–Crippen MR) is 130 cm³/mol. The van der Waals surface area contributed by atoms with Crippen LogP contribution in [0.2, 0.25) is 0 Å². The molecular weight excluding hydrogens is 496 g/mol. The fourth-order valence-corrected chi connectivity index (χ4v) is 6.55. The van der Waals surface area contributed by atoms with Crippen LogP contribution in [0.4, 0.5) is 0 Å². The number of carbonyl (C=O) groups excluding carboxylic acids is 2. The van der Waals surface area contributed by atoms with Gasteiger partial charge < -0.3 is 9.47 Å². The second kappa shape index (κ2) is 8.38. The van der Waals surface area contributed by atoms with Gasteiger partial charge in [0.2, 0.25) is 0 Å². The van der Waals surface area contributed by atoms with Crippen LogP contribution in [0.15, 0.2) is 64.2 Å². The Morgan fingerprint density at radius 2 is 1.71 bits per heavy atom. The fourth-order valence-electron chi connectivity index (χ4n) is 5.97. The number of hydrogen-bond acceptors (Lipinski definition) is 5. The molecule has 0 radical (unpaired) electrons. The number of benzene rings is 2. The highest BCUT2D eigenvalue weighted by Gasteiger charge is 2.67. The van der Waals surface area contributed by atoms with E-state index in [1.807, 2.05) is 49.4 Å². The van der Waals surface area contributed by atoms with Crippen molar-refractivity contribution in [1.29, 1.82) is 0 Å². The molecule has 174 valence electrons. The second-order valence-corrected chi connectivity index (χ2v) is 10.3. The first kappa shape index (κ1) is 21.6. The lowest BCUT2D eigenvalue weighted by atomic mass is 9.63. The molecule has 2 aromatic carbocycles. The van der Waals surface area contributed by atoms with Gasteiger partial charge in [-0.15, -0.1) is 0 Å². The number of carbonyl (C=O) groups is 2. The van der Waals surface area contributed by atoms with Crippen LogP contribution in [0, 0.1) is 35.5 Å². The van der Waals surface area contributed by atoms with Crippen molar-refractivity contribution in [2.75, 3.05) is 6.61 Å². The molecule has 4 aliphatic carbocycles. The smallest absolute Gasteiger partial charge is 0.254 e. The van der Waals surface area contributed by atoms with Crippen molar-refractivity contribution >= 4 is 34.0 Å². The van der Waals surface area contributed by atoms with Crippen LogP contribution in [0.25, 0.3) is 0 Å². The van der Waals surface area contributed by atoms with Crippen molar-refractivity contribution < 1.29 is 19.1 Å². The third kappa shape index (κ3) is 3.49. The molecule has 6 atom stereocenters. The highest BCUT2D eigenvalue weighted by molar-refractivity contribution is 9.10. The van der Waals surface area contributed by atoms with Crippen LogP contribution in [0.5, 0.6) is 11.5 Å². The number of amides is 2. The maximum Gasteiger partial charge on any atom is 0.254 e. The zero-order valence-electron chi connectivity index (χ0n) is 18.8. The Morgan fingerprint density at radius 3 is 2.35 bits per heavy atom. The Hall–Kier alpha value is -2.93. The largest absolute Gasteiger partial charge is 0.490 e. The lowest BCUT2D eigenvalue weighted by Crippen LogP contribution is -2.40. The molecule has 6 nitrogen and oxygen atoms in total. The van der Waals surface area contributed by atoms with E-state index in [-0.39, 0.29) is 35.5 Å². The molecule has 7 heteroatoms. The number of hydrogen-bond donors (Lipinski definition) is 0. The van der Waals surface area contributed by atoms with E-state index < -0.39 is 0 Å². The number of allylic oxidation sites excluding steroid dienone is 2. The standard InChI is InChI=1S/C27H25BrN2O4/c1-2-33-22-11-16(10-21(28)25(22)34-14-15-6-4-3-5-7-15)13-29-30-26(31)23-17-8-9-18(20-12-19(17)20)24(23)27(30)32/h3-11,13,17-20,23-24H,2,12,14H2,1H3/t17-,18-,19-,20+,23-,24+/m0/s1. The predicted octanol–water partition coefficient (Wildman–Crippen LogP) is 4.81. The molecule has 1 heterocycles. The Bertz CT molecular complexity index is 1170. The van der Waals surface area contributed by atoms with E-state index in [2.05, 4.69) is 33.2 Å². The van der Waals surface area contributed by atoms with E-state index in [1.54, 1.807) is 6.21 Å². The molecule has 3 fully saturated rings. The van der Waals surface area contributed by atoms with Gasteiger partial charge in [0.25, 0.3) is 11.8 Å². The summed E-state index contributed by atoms with van der Waals surface area (Å²) in [5.74, 6) is 1.88. The monoisotopic (exact) mass is 520 g/mol. The molecule has 0 N–H and O–H groups in total. The molecule has 2 aromatic rings. The van der Waals surface area contributed by atoms with Crippen molar-refractivity contribution in [2.45, 2.75) is 20.0 Å². The van der Waals surface area contributed by atoms with Crippen molar-refractivity contribution in [2.24, 2.45) is 40.6 Å². The third-order valence-corrected chi connectivity index (χ3v) is 8.11. The van der Waals surface area contributed by atoms with Crippen LogP contribution >= 0.6 is 15.9 Å². The number of imide groups is 1. The van der Waals surface area contributed by atoms with Crippen LogP contribution in [0.3, 0.4) is 0 Å². The van der Waals surface area contributed by atoms with Crippen molar-refractivity contribution in [3.05, 3.63) is 70.2 Å². The third-order valence-electron chi connectivity index (χ3n) is 7.52. The summed E-state index contributed by atoms with van der Waals surface area (Å²) in [7, 11) is 0. The highest BCUT2D eigenvalue weighted by atomic mass is 79.9. The Balaban J connectivity index is 1.22. The van der Waals surface area contributed by atoms with E-state index in [9.17, 15) is 9.59 Å². The molecule has 2 bridgehead atoms.